The van der Waals surface area contributed by atoms with Gasteiger partial charge in [-0.3, -0.25) is 4.57 Å². The number of nitrogen functional groups attached to an aromatic ring is 1. The van der Waals surface area contributed by atoms with Crippen molar-refractivity contribution in [3.63, 3.8) is 0 Å². The molecule has 1 amide bonds. The highest BCUT2D eigenvalue weighted by Crippen LogP contribution is 2.54. The van der Waals surface area contributed by atoms with Crippen molar-refractivity contribution in [3.05, 3.63) is 169 Å². The molecule has 72 heavy (non-hydrogen) atoms. The Morgan fingerprint density at radius 1 is 0.792 bits per heavy atom. The van der Waals surface area contributed by atoms with Gasteiger partial charge in [0.1, 0.15) is 53.4 Å². The van der Waals surface area contributed by atoms with Crippen LogP contribution in [0, 0.1) is 16.7 Å². The number of fused-ring (bicyclic) bond motifs is 1. The van der Waals surface area contributed by atoms with E-state index in [0.29, 0.717) is 48.5 Å². The number of methoxy groups -OCH3 is 2. The molecular weight excluding hydrogens is 927 g/mol. The van der Waals surface area contributed by atoms with Gasteiger partial charge in [0.2, 0.25) is 0 Å². The lowest BCUT2D eigenvalue weighted by Crippen LogP contribution is -2.70. The van der Waals surface area contributed by atoms with E-state index in [0.717, 1.165) is 27.1 Å². The lowest BCUT2D eigenvalue weighted by molar-refractivity contribution is -0.180. The van der Waals surface area contributed by atoms with Crippen LogP contribution in [0.3, 0.4) is 0 Å². The van der Waals surface area contributed by atoms with E-state index >= 15 is 0 Å². The summed E-state index contributed by atoms with van der Waals surface area (Å²) in [7, 11) is 0.359. The molecule has 3 heterocycles. The van der Waals surface area contributed by atoms with Crippen molar-refractivity contribution in [2.24, 2.45) is 5.41 Å². The molecule has 15 nitrogen and oxygen atoms in total. The Kier molecular flexibility index (Phi) is 16.0. The number of aliphatic hydroxyl groups is 1. The van der Waals surface area contributed by atoms with Crippen LogP contribution < -0.4 is 30.9 Å². The molecule has 1 saturated heterocycles. The first-order chi connectivity index (χ1) is 34.9. The maximum absolute atomic E-state index is 14.4. The highest BCUT2D eigenvalue weighted by Gasteiger charge is 2.72. The summed E-state index contributed by atoms with van der Waals surface area (Å²) < 4.78 is 41.3. The van der Waals surface area contributed by atoms with Crippen molar-refractivity contribution in [1.29, 1.82) is 5.26 Å². The van der Waals surface area contributed by atoms with Gasteiger partial charge in [0.25, 0.3) is 0 Å². The minimum Gasteiger partial charge on any atom is -0.497 e. The zero-order chi connectivity index (χ0) is 50.8. The number of unbranched alkanes of at least 4 members (excludes halogenated alkanes) is 2. The topological polar surface area (TPSA) is 198 Å². The summed E-state index contributed by atoms with van der Waals surface area (Å²) in [6.07, 6.45) is 2.39. The molecule has 0 saturated carbocycles. The molecule has 0 aliphatic carbocycles. The molecule has 16 heteroatoms. The maximum Gasteiger partial charge on any atom is 0.407 e. The summed E-state index contributed by atoms with van der Waals surface area (Å²) in [5.74, 6) is 1.56. The summed E-state index contributed by atoms with van der Waals surface area (Å²) in [6, 6.07) is 48.2. The maximum atomic E-state index is 14.4. The quantitative estimate of drug-likeness (QED) is 0.0377. The van der Waals surface area contributed by atoms with E-state index in [9.17, 15) is 9.90 Å². The Bertz CT molecular complexity index is 2810. The smallest absolute Gasteiger partial charge is 0.407 e. The van der Waals surface area contributed by atoms with Crippen LogP contribution in [0.5, 0.6) is 11.5 Å². The van der Waals surface area contributed by atoms with Gasteiger partial charge in [0, 0.05) is 13.2 Å². The fourth-order valence-electron chi connectivity index (χ4n) is 10.1. The van der Waals surface area contributed by atoms with Crippen LogP contribution in [0.1, 0.15) is 63.1 Å². The van der Waals surface area contributed by atoms with Crippen molar-refractivity contribution in [1.82, 2.24) is 24.8 Å². The molecule has 8 rings (SSSR count). The first-order valence-corrected chi connectivity index (χ1v) is 26.0. The van der Waals surface area contributed by atoms with E-state index in [1.165, 1.54) is 6.33 Å². The van der Waals surface area contributed by atoms with Crippen molar-refractivity contribution in [3.8, 4) is 17.6 Å². The highest BCUT2D eigenvalue weighted by atomic mass is 28.3. The van der Waals surface area contributed by atoms with Crippen molar-refractivity contribution >= 4 is 42.2 Å². The monoisotopic (exact) mass is 989 g/mol. The van der Waals surface area contributed by atoms with Gasteiger partial charge in [-0.2, -0.15) is 5.26 Å². The second-order valence-electron chi connectivity index (χ2n) is 18.8. The standard InChI is InChI=1S/C56H63N7O8Si/c1-53(2,3)55(65)47(37-70-54(40-19-10-6-11-20-40,41-25-29-43(66-4)30-26-41)42-27-31-44(67-5)32-28-42)71-56(63-39-62-48-49(58)60-38-61-50(48)63,72(45-21-12-7-13-22-45)46-23-14-8-15-24-46)51(55)68-35-17-9-16-34-59-52(64)69-36-18-33-57/h6-8,10-15,19-32,38-39,47,51,65,72H,9,16-18,34-37H2,1-5H3,(H,59,64)(H2,58,60,61)/t47-,51-,55-,56+/m1/s1. The number of amides is 1. The van der Waals surface area contributed by atoms with E-state index in [1.807, 2.05) is 147 Å². The molecule has 1 aliphatic rings. The molecule has 1 fully saturated rings. The number of carbonyl (C=O) groups excluding carboxylic acids is 1. The Morgan fingerprint density at radius 2 is 1.36 bits per heavy atom. The number of nitrogens with two attached hydrogens (primary N) is 1. The number of rotatable bonds is 21. The molecule has 2 aromatic heterocycles. The minimum atomic E-state index is -2.91. The summed E-state index contributed by atoms with van der Waals surface area (Å²) in [5, 5.41) is 26.5. The fraction of sp³-hybridized carbons (Fsp3) is 0.339. The lowest BCUT2D eigenvalue weighted by Gasteiger charge is -2.48. The molecule has 0 unspecified atom stereocenters. The number of nitrogens with one attached hydrogen (secondary N) is 1. The predicted octanol–water partition coefficient (Wildman–Crippen LogP) is 7.04. The Morgan fingerprint density at radius 3 is 1.92 bits per heavy atom. The van der Waals surface area contributed by atoms with Crippen LogP contribution in [0.25, 0.3) is 11.2 Å². The third kappa shape index (κ3) is 10.0. The van der Waals surface area contributed by atoms with Gasteiger partial charge in [-0.1, -0.05) is 146 Å². The molecule has 0 bridgehead atoms. The number of alkyl carbamates (subject to hydrolysis) is 1. The number of aromatic nitrogens is 4. The third-order valence-corrected chi connectivity index (χ3v) is 17.3. The SMILES string of the molecule is COc1ccc(C(OC[C@H]2O[C@](n3cnc4c(N)ncnc43)([SiH](c3ccccc3)c3ccccc3)[C@H](OCCCCCNC(=O)OCCC#N)[C@@]2(O)C(C)(C)C)(c2ccccc2)c2ccc(OC)cc2)cc1. The van der Waals surface area contributed by atoms with E-state index in [4.69, 9.17) is 49.4 Å². The zero-order valence-electron chi connectivity index (χ0n) is 41.4. The van der Waals surface area contributed by atoms with Crippen molar-refractivity contribution < 1.29 is 38.3 Å². The van der Waals surface area contributed by atoms with Gasteiger partial charge in [-0.15, -0.1) is 0 Å². The van der Waals surface area contributed by atoms with E-state index < -0.39 is 49.1 Å². The minimum absolute atomic E-state index is 0.0292. The van der Waals surface area contributed by atoms with Gasteiger partial charge in [0.05, 0.1) is 39.6 Å². The molecule has 7 aromatic rings. The average molecular weight is 990 g/mol. The van der Waals surface area contributed by atoms with Crippen LogP contribution in [0.2, 0.25) is 0 Å². The number of carbonyl (C=O) groups is 1. The molecule has 374 valence electrons. The molecule has 5 aromatic carbocycles. The first kappa shape index (κ1) is 51.2. The number of nitrogens with zero attached hydrogens (tertiary/aromatic N) is 5. The lowest BCUT2D eigenvalue weighted by atomic mass is 9.70. The summed E-state index contributed by atoms with van der Waals surface area (Å²) in [5.41, 5.74) is 5.83. The Balaban J connectivity index is 1.31. The van der Waals surface area contributed by atoms with Gasteiger partial charge >= 0.3 is 6.09 Å². The molecule has 0 radical (unpaired) electrons. The molecule has 1 aliphatic heterocycles. The van der Waals surface area contributed by atoms with Gasteiger partial charge in [-0.05, 0) is 65.6 Å². The largest absolute Gasteiger partial charge is 0.497 e. The van der Waals surface area contributed by atoms with Gasteiger partial charge in [-0.25, -0.2) is 19.7 Å². The molecule has 0 spiro atoms. The second-order valence-corrected chi connectivity index (χ2v) is 21.9. The van der Waals surface area contributed by atoms with Crippen LogP contribution in [-0.4, -0.2) is 97.9 Å². The highest BCUT2D eigenvalue weighted by molar-refractivity contribution is 6.86. The average Bonchev–Trinajstić information content (AvgIpc) is 3.96. The number of hydrogen-bond acceptors (Lipinski definition) is 13. The van der Waals surface area contributed by atoms with Crippen molar-refractivity contribution in [2.45, 2.75) is 75.2 Å². The van der Waals surface area contributed by atoms with E-state index in [1.54, 1.807) is 20.5 Å². The number of nitriles is 1. The molecule has 4 atom stereocenters. The molecular formula is C56H63N7O8Si. The zero-order valence-corrected chi connectivity index (χ0v) is 42.6. The van der Waals surface area contributed by atoms with Crippen LogP contribution in [-0.2, 0) is 29.9 Å². The van der Waals surface area contributed by atoms with Crippen LogP contribution in [0.15, 0.2) is 152 Å². The summed E-state index contributed by atoms with van der Waals surface area (Å²) in [4.78, 5) is 26.2. The summed E-state index contributed by atoms with van der Waals surface area (Å²) in [6.45, 7) is 6.49. The van der Waals surface area contributed by atoms with Gasteiger partial charge in [0.15, 0.2) is 25.6 Å². The third-order valence-electron chi connectivity index (χ3n) is 13.7. The summed E-state index contributed by atoms with van der Waals surface area (Å²) >= 11 is 0. The Labute approximate surface area is 422 Å². The number of anilines is 1. The number of hydrogen-bond donors (Lipinski definition) is 3. The van der Waals surface area contributed by atoms with Gasteiger partial charge < -0.3 is 44.6 Å². The second kappa shape index (κ2) is 22.5. The van der Waals surface area contributed by atoms with E-state index in [2.05, 4.69) is 34.6 Å². The fourth-order valence-corrected chi connectivity index (χ4v) is 14.0. The van der Waals surface area contributed by atoms with E-state index in [-0.39, 0.29) is 32.1 Å². The predicted molar refractivity (Wildman–Crippen MR) is 278 cm³/mol. The van der Waals surface area contributed by atoms with Crippen LogP contribution in [0.4, 0.5) is 10.6 Å². The molecule has 4 N–H and O–H groups in total. The van der Waals surface area contributed by atoms with Crippen LogP contribution >= 0.6 is 0 Å². The first-order valence-electron chi connectivity index (χ1n) is 24.2. The number of imidazole rings is 1. The van der Waals surface area contributed by atoms with Crippen molar-refractivity contribution in [2.75, 3.05) is 46.3 Å². The number of ether oxygens (including phenoxy) is 6. The number of benzene rings is 5. The Hall–Kier alpha value is -7.13. The normalized spacial score (nSPS) is 19.0.